The van der Waals surface area contributed by atoms with Crippen molar-refractivity contribution in [2.45, 2.75) is 0 Å². The SMILES string of the molecule is C=CC(=O)Nc1cc(Nc2ncc3ncn(-c4ccc(F)c(Br)c4)c3n2)c(OC)cc1N(C)CCN(C)C. The van der Waals surface area contributed by atoms with Crippen LogP contribution in [0.25, 0.3) is 16.9 Å². The molecule has 0 spiro atoms. The maximum Gasteiger partial charge on any atom is 0.247 e. The maximum absolute atomic E-state index is 13.8. The van der Waals surface area contributed by atoms with Crippen LogP contribution in [0.1, 0.15) is 0 Å². The van der Waals surface area contributed by atoms with Gasteiger partial charge in [-0.2, -0.15) is 4.98 Å². The third-order valence-corrected chi connectivity index (χ3v) is 6.38. The minimum absolute atomic E-state index is 0.286. The van der Waals surface area contributed by atoms with Gasteiger partial charge in [0.25, 0.3) is 0 Å². The lowest BCUT2D eigenvalue weighted by atomic mass is 10.2. The van der Waals surface area contributed by atoms with Gasteiger partial charge in [-0.05, 0) is 60.4 Å². The Bertz CT molecular complexity index is 1490. The summed E-state index contributed by atoms with van der Waals surface area (Å²) in [6.07, 6.45) is 4.41. The van der Waals surface area contributed by atoms with Crippen LogP contribution in [0, 0.1) is 5.82 Å². The Labute approximate surface area is 228 Å². The Hall–Kier alpha value is -4.03. The lowest BCUT2D eigenvalue weighted by Crippen LogP contribution is -2.29. The molecule has 0 aliphatic heterocycles. The van der Waals surface area contributed by atoms with Crippen molar-refractivity contribution in [1.82, 2.24) is 24.4 Å². The quantitative estimate of drug-likeness (QED) is 0.262. The fraction of sp³-hybridized carbons (Fsp3) is 0.231. The van der Waals surface area contributed by atoms with Crippen molar-refractivity contribution < 1.29 is 13.9 Å². The van der Waals surface area contributed by atoms with Crippen molar-refractivity contribution in [2.24, 2.45) is 0 Å². The topological polar surface area (TPSA) is 100 Å². The van der Waals surface area contributed by atoms with Crippen LogP contribution in [0.5, 0.6) is 5.75 Å². The molecule has 2 N–H and O–H groups in total. The number of ether oxygens (including phenoxy) is 1. The Morgan fingerprint density at radius 3 is 2.66 bits per heavy atom. The highest BCUT2D eigenvalue weighted by Gasteiger charge is 2.17. The van der Waals surface area contributed by atoms with Crippen molar-refractivity contribution in [3.8, 4) is 11.4 Å². The summed E-state index contributed by atoms with van der Waals surface area (Å²) in [6, 6.07) is 8.26. The summed E-state index contributed by atoms with van der Waals surface area (Å²) in [5, 5.41) is 6.07. The minimum Gasteiger partial charge on any atom is -0.494 e. The van der Waals surface area contributed by atoms with Gasteiger partial charge >= 0.3 is 0 Å². The Kier molecular flexibility index (Phi) is 8.23. The van der Waals surface area contributed by atoms with E-state index in [1.165, 1.54) is 12.1 Å². The van der Waals surface area contributed by atoms with Crippen LogP contribution in [-0.2, 0) is 4.79 Å². The Morgan fingerprint density at radius 1 is 1.18 bits per heavy atom. The van der Waals surface area contributed by atoms with Gasteiger partial charge < -0.3 is 25.2 Å². The smallest absolute Gasteiger partial charge is 0.247 e. The average Bonchev–Trinajstić information content (AvgIpc) is 3.32. The summed E-state index contributed by atoms with van der Waals surface area (Å²) in [7, 11) is 7.51. The normalized spacial score (nSPS) is 11.0. The summed E-state index contributed by atoms with van der Waals surface area (Å²) in [6.45, 7) is 5.10. The van der Waals surface area contributed by atoms with E-state index in [-0.39, 0.29) is 17.7 Å². The number of halogens is 2. The average molecular weight is 583 g/mol. The van der Waals surface area contributed by atoms with E-state index in [4.69, 9.17) is 4.74 Å². The lowest BCUT2D eigenvalue weighted by Gasteiger charge is -2.25. The van der Waals surface area contributed by atoms with E-state index >= 15 is 0 Å². The monoisotopic (exact) mass is 582 g/mol. The molecule has 0 saturated carbocycles. The molecule has 4 aromatic rings. The number of carbonyl (C=O) groups is 1. The lowest BCUT2D eigenvalue weighted by molar-refractivity contribution is -0.111. The molecule has 0 fully saturated rings. The molecule has 1 amide bonds. The van der Waals surface area contributed by atoms with Gasteiger partial charge in [-0.15, -0.1) is 0 Å². The molecular weight excluding hydrogens is 555 g/mol. The van der Waals surface area contributed by atoms with Crippen molar-refractivity contribution in [3.05, 3.63) is 65.8 Å². The molecule has 0 atom stereocenters. The minimum atomic E-state index is -0.364. The van der Waals surface area contributed by atoms with Crippen LogP contribution >= 0.6 is 15.9 Å². The van der Waals surface area contributed by atoms with Gasteiger partial charge in [0.2, 0.25) is 11.9 Å². The summed E-state index contributed by atoms with van der Waals surface area (Å²) in [5.74, 6) is 0.120. The van der Waals surface area contributed by atoms with Crippen LogP contribution in [0.4, 0.5) is 27.4 Å². The van der Waals surface area contributed by atoms with Gasteiger partial charge in [-0.25, -0.2) is 14.4 Å². The van der Waals surface area contributed by atoms with Crippen molar-refractivity contribution >= 4 is 56.0 Å². The van der Waals surface area contributed by atoms with Crippen LogP contribution in [0.3, 0.4) is 0 Å². The number of benzene rings is 2. The first-order valence-electron chi connectivity index (χ1n) is 11.6. The number of aromatic nitrogens is 4. The summed E-state index contributed by atoms with van der Waals surface area (Å²) in [4.78, 5) is 29.7. The highest BCUT2D eigenvalue weighted by molar-refractivity contribution is 9.10. The number of amides is 1. The molecule has 0 unspecified atom stereocenters. The van der Waals surface area contributed by atoms with Gasteiger partial charge in [-0.1, -0.05) is 6.58 Å². The predicted molar refractivity (Wildman–Crippen MR) is 151 cm³/mol. The van der Waals surface area contributed by atoms with Gasteiger partial charge in [0.05, 0.1) is 34.8 Å². The van der Waals surface area contributed by atoms with Gasteiger partial charge in [0.15, 0.2) is 5.65 Å². The Balaban J connectivity index is 1.72. The number of fused-ring (bicyclic) bond motifs is 1. The number of anilines is 4. The fourth-order valence-electron chi connectivity index (χ4n) is 3.72. The number of rotatable bonds is 10. The first-order chi connectivity index (χ1) is 18.2. The summed E-state index contributed by atoms with van der Waals surface area (Å²) < 4.78 is 21.5. The predicted octanol–water partition coefficient (Wildman–Crippen LogP) is 4.59. The van der Waals surface area contributed by atoms with E-state index in [1.807, 2.05) is 32.1 Å². The van der Waals surface area contributed by atoms with Crippen molar-refractivity contribution in [3.63, 3.8) is 0 Å². The zero-order valence-electron chi connectivity index (χ0n) is 21.5. The number of likely N-dealkylation sites (N-methyl/N-ethyl adjacent to an activating group) is 2. The molecule has 4 rings (SSSR count). The first-order valence-corrected chi connectivity index (χ1v) is 12.4. The maximum atomic E-state index is 13.8. The molecular formula is C26H28BrFN8O2. The summed E-state index contributed by atoms with van der Waals surface area (Å²) >= 11 is 3.22. The number of methoxy groups -OCH3 is 1. The van der Waals surface area contributed by atoms with E-state index in [0.717, 1.165) is 18.8 Å². The number of hydrogen-bond donors (Lipinski definition) is 2. The van der Waals surface area contributed by atoms with Crippen molar-refractivity contribution in [1.29, 1.82) is 0 Å². The molecule has 38 heavy (non-hydrogen) atoms. The number of nitrogens with one attached hydrogen (secondary N) is 2. The molecule has 2 heterocycles. The zero-order chi connectivity index (χ0) is 27.4. The number of hydrogen-bond acceptors (Lipinski definition) is 8. The van der Waals surface area contributed by atoms with E-state index in [1.54, 1.807) is 42.4 Å². The molecule has 0 radical (unpaired) electrons. The number of carbonyl (C=O) groups excluding carboxylic acids is 1. The van der Waals surface area contributed by atoms with Gasteiger partial charge in [-0.3, -0.25) is 9.36 Å². The van der Waals surface area contributed by atoms with Gasteiger partial charge in [0.1, 0.15) is 23.4 Å². The van der Waals surface area contributed by atoms with E-state index in [2.05, 4.69) is 53.0 Å². The third kappa shape index (κ3) is 5.92. The van der Waals surface area contributed by atoms with E-state index in [9.17, 15) is 9.18 Å². The highest BCUT2D eigenvalue weighted by atomic mass is 79.9. The molecule has 12 heteroatoms. The highest BCUT2D eigenvalue weighted by Crippen LogP contribution is 2.38. The molecule has 2 aromatic carbocycles. The number of nitrogens with zero attached hydrogens (tertiary/aromatic N) is 6. The molecule has 0 aliphatic carbocycles. The zero-order valence-corrected chi connectivity index (χ0v) is 23.1. The van der Waals surface area contributed by atoms with Crippen LogP contribution < -0.4 is 20.3 Å². The molecule has 0 bridgehead atoms. The van der Waals surface area contributed by atoms with Crippen LogP contribution in [0.2, 0.25) is 0 Å². The van der Waals surface area contributed by atoms with Crippen molar-refractivity contribution in [2.75, 3.05) is 56.9 Å². The second-order valence-corrected chi connectivity index (χ2v) is 9.58. The second-order valence-electron chi connectivity index (χ2n) is 8.73. The third-order valence-electron chi connectivity index (χ3n) is 5.77. The molecule has 2 aromatic heterocycles. The number of imidazole rings is 1. The van der Waals surface area contributed by atoms with Gasteiger partial charge in [0, 0.05) is 31.9 Å². The second kappa shape index (κ2) is 11.6. The largest absolute Gasteiger partial charge is 0.494 e. The molecule has 0 aliphatic rings. The molecule has 198 valence electrons. The van der Waals surface area contributed by atoms with E-state index < -0.39 is 0 Å². The summed E-state index contributed by atoms with van der Waals surface area (Å²) in [5.41, 5.74) is 3.68. The molecule has 10 nitrogen and oxygen atoms in total. The Morgan fingerprint density at radius 2 is 1.97 bits per heavy atom. The van der Waals surface area contributed by atoms with E-state index in [0.29, 0.717) is 38.4 Å². The molecule has 0 saturated heterocycles. The van der Waals surface area contributed by atoms with Crippen LogP contribution in [0.15, 0.2) is 60.0 Å². The standard InChI is InChI=1S/C26H28BrFN8O2/c1-6-24(37)31-19-12-20(23(38-5)13-22(19)35(4)10-9-34(2)3)32-26-29-14-21-25(33-26)36(15-30-21)16-7-8-18(28)17(27)11-16/h6-8,11-15H,1,9-10H2,2-5H3,(H,31,37)(H,29,32,33). The fourth-order valence-corrected chi connectivity index (χ4v) is 4.09. The first kappa shape index (κ1) is 27.0. The van der Waals surface area contributed by atoms with Crippen LogP contribution in [-0.4, -0.2) is 71.7 Å².